The van der Waals surface area contributed by atoms with Gasteiger partial charge in [0.2, 0.25) is 11.8 Å². The fourth-order valence-corrected chi connectivity index (χ4v) is 3.22. The highest BCUT2D eigenvalue weighted by Gasteiger charge is 2.36. The number of rotatable bonds is 5. The van der Waals surface area contributed by atoms with E-state index in [1.165, 1.54) is 7.11 Å². The van der Waals surface area contributed by atoms with Crippen LogP contribution in [0.5, 0.6) is 5.75 Å². The average molecular weight is 393 g/mol. The fourth-order valence-electron chi connectivity index (χ4n) is 2.93. The van der Waals surface area contributed by atoms with Gasteiger partial charge in [0.25, 0.3) is 0 Å². The summed E-state index contributed by atoms with van der Waals surface area (Å²) in [6.45, 7) is 0.684. The topological polar surface area (TPSA) is 58.6 Å². The molecule has 1 heterocycles. The van der Waals surface area contributed by atoms with Crippen LogP contribution in [0.1, 0.15) is 12.0 Å². The van der Waals surface area contributed by atoms with E-state index in [1.54, 1.807) is 35.2 Å². The number of benzene rings is 2. The van der Waals surface area contributed by atoms with Gasteiger partial charge in [-0.05, 0) is 35.9 Å². The molecule has 0 bridgehead atoms. The lowest BCUT2D eigenvalue weighted by molar-refractivity contribution is -0.126. The summed E-state index contributed by atoms with van der Waals surface area (Å²) < 4.78 is 5.31. The Labute approximate surface area is 161 Å². The summed E-state index contributed by atoms with van der Waals surface area (Å²) >= 11 is 11.9. The van der Waals surface area contributed by atoms with Crippen molar-refractivity contribution in [2.24, 2.45) is 5.92 Å². The summed E-state index contributed by atoms with van der Waals surface area (Å²) in [5.41, 5.74) is 1.53. The number of anilines is 1. The minimum atomic E-state index is -0.418. The summed E-state index contributed by atoms with van der Waals surface area (Å²) in [6, 6.07) is 12.3. The van der Waals surface area contributed by atoms with Crippen molar-refractivity contribution in [1.29, 1.82) is 0 Å². The minimum Gasteiger partial charge on any atom is -0.495 e. The molecule has 0 saturated carbocycles. The van der Waals surface area contributed by atoms with Gasteiger partial charge in [0.15, 0.2) is 0 Å². The molecule has 3 rings (SSSR count). The zero-order valence-corrected chi connectivity index (χ0v) is 15.7. The van der Waals surface area contributed by atoms with E-state index in [0.29, 0.717) is 34.6 Å². The van der Waals surface area contributed by atoms with Crippen LogP contribution in [0.25, 0.3) is 0 Å². The largest absolute Gasteiger partial charge is 0.495 e. The second-order valence-corrected chi connectivity index (χ2v) is 6.94. The molecule has 7 heteroatoms. The average Bonchev–Trinajstić information content (AvgIpc) is 3.02. The van der Waals surface area contributed by atoms with Crippen LogP contribution >= 0.6 is 23.2 Å². The van der Waals surface area contributed by atoms with E-state index < -0.39 is 5.92 Å². The Kier molecular flexibility index (Phi) is 5.69. The summed E-state index contributed by atoms with van der Waals surface area (Å²) in [4.78, 5) is 26.4. The van der Waals surface area contributed by atoms with Crippen LogP contribution in [-0.4, -0.2) is 25.5 Å². The first-order chi connectivity index (χ1) is 12.5. The summed E-state index contributed by atoms with van der Waals surface area (Å²) in [5, 5.41) is 4.02. The molecule has 1 saturated heterocycles. The van der Waals surface area contributed by atoms with Crippen molar-refractivity contribution >= 4 is 40.7 Å². The highest BCUT2D eigenvalue weighted by molar-refractivity contribution is 6.31. The molecule has 136 valence electrons. The number of ether oxygens (including phenoxy) is 1. The number of carbonyl (C=O) groups excluding carboxylic acids is 2. The van der Waals surface area contributed by atoms with Crippen LogP contribution in [0.2, 0.25) is 10.0 Å². The number of methoxy groups -OCH3 is 1. The number of hydrogen-bond donors (Lipinski definition) is 1. The molecule has 1 N–H and O–H groups in total. The van der Waals surface area contributed by atoms with E-state index in [9.17, 15) is 9.59 Å². The van der Waals surface area contributed by atoms with Crippen molar-refractivity contribution < 1.29 is 14.3 Å². The first-order valence-electron chi connectivity index (χ1n) is 8.14. The molecule has 0 aliphatic carbocycles. The predicted molar refractivity (Wildman–Crippen MR) is 102 cm³/mol. The molecule has 1 aliphatic heterocycles. The van der Waals surface area contributed by atoms with Gasteiger partial charge in [0, 0.05) is 29.6 Å². The van der Waals surface area contributed by atoms with E-state index in [2.05, 4.69) is 5.32 Å². The van der Waals surface area contributed by atoms with Gasteiger partial charge in [-0.1, -0.05) is 35.3 Å². The van der Waals surface area contributed by atoms with Gasteiger partial charge in [0.05, 0.1) is 18.7 Å². The summed E-state index contributed by atoms with van der Waals surface area (Å²) in [5.74, 6) is -0.155. The van der Waals surface area contributed by atoms with Gasteiger partial charge >= 0.3 is 0 Å². The van der Waals surface area contributed by atoms with E-state index in [0.717, 1.165) is 5.56 Å². The smallest absolute Gasteiger partial charge is 0.227 e. The third-order valence-electron chi connectivity index (χ3n) is 4.31. The number of amides is 2. The number of nitrogens with zero attached hydrogens (tertiary/aromatic N) is 1. The van der Waals surface area contributed by atoms with Crippen molar-refractivity contribution in [2.75, 3.05) is 18.6 Å². The van der Waals surface area contributed by atoms with Crippen molar-refractivity contribution in [3.63, 3.8) is 0 Å². The maximum absolute atomic E-state index is 12.5. The standard InChI is InChI=1S/C19H18Cl2N2O3/c1-26-17-7-6-15(21)9-16(17)23-11-13(8-18(23)24)19(25)22-10-12-2-4-14(20)5-3-12/h2-7,9,13H,8,10-11H2,1H3,(H,22,25)/t13-/m1/s1. The lowest BCUT2D eigenvalue weighted by Crippen LogP contribution is -2.32. The van der Waals surface area contributed by atoms with Crippen LogP contribution in [0.15, 0.2) is 42.5 Å². The quantitative estimate of drug-likeness (QED) is 0.844. The third kappa shape index (κ3) is 4.11. The molecule has 0 radical (unpaired) electrons. The van der Waals surface area contributed by atoms with Crippen LogP contribution in [-0.2, 0) is 16.1 Å². The molecular formula is C19H18Cl2N2O3. The zero-order chi connectivity index (χ0) is 18.7. The molecule has 1 aliphatic rings. The zero-order valence-electron chi connectivity index (χ0n) is 14.2. The van der Waals surface area contributed by atoms with E-state index >= 15 is 0 Å². The number of carbonyl (C=O) groups is 2. The maximum Gasteiger partial charge on any atom is 0.227 e. The Morgan fingerprint density at radius 3 is 2.58 bits per heavy atom. The van der Waals surface area contributed by atoms with Crippen LogP contribution in [0.4, 0.5) is 5.69 Å². The number of nitrogens with one attached hydrogen (secondary N) is 1. The molecule has 5 nitrogen and oxygen atoms in total. The first kappa shape index (κ1) is 18.5. The molecule has 0 unspecified atom stereocenters. The van der Waals surface area contributed by atoms with Gasteiger partial charge < -0.3 is 15.0 Å². The lowest BCUT2D eigenvalue weighted by atomic mass is 10.1. The Morgan fingerprint density at radius 1 is 1.19 bits per heavy atom. The van der Waals surface area contributed by atoms with Crippen molar-refractivity contribution in [2.45, 2.75) is 13.0 Å². The highest BCUT2D eigenvalue weighted by atomic mass is 35.5. The summed E-state index contributed by atoms with van der Waals surface area (Å²) in [7, 11) is 1.53. The predicted octanol–water partition coefficient (Wildman–Crippen LogP) is 3.67. The Bertz CT molecular complexity index is 824. The van der Waals surface area contributed by atoms with Gasteiger partial charge in [-0.15, -0.1) is 0 Å². The molecule has 26 heavy (non-hydrogen) atoms. The maximum atomic E-state index is 12.5. The van der Waals surface area contributed by atoms with Crippen molar-refractivity contribution in [3.8, 4) is 5.75 Å². The Balaban J connectivity index is 1.66. The molecule has 2 aromatic rings. The Hall–Kier alpha value is -2.24. The van der Waals surface area contributed by atoms with E-state index in [1.807, 2.05) is 12.1 Å². The molecule has 2 aromatic carbocycles. The molecule has 1 atom stereocenters. The van der Waals surface area contributed by atoms with Gasteiger partial charge in [-0.2, -0.15) is 0 Å². The monoisotopic (exact) mass is 392 g/mol. The first-order valence-corrected chi connectivity index (χ1v) is 8.89. The van der Waals surface area contributed by atoms with Gasteiger partial charge in [-0.3, -0.25) is 9.59 Å². The normalized spacial score (nSPS) is 16.7. The van der Waals surface area contributed by atoms with E-state index in [4.69, 9.17) is 27.9 Å². The SMILES string of the molecule is COc1ccc(Cl)cc1N1C[C@H](C(=O)NCc2ccc(Cl)cc2)CC1=O. The van der Waals surface area contributed by atoms with Crippen LogP contribution < -0.4 is 15.0 Å². The number of halogens is 2. The third-order valence-corrected chi connectivity index (χ3v) is 4.79. The number of hydrogen-bond acceptors (Lipinski definition) is 3. The summed E-state index contributed by atoms with van der Waals surface area (Å²) in [6.07, 6.45) is 0.155. The minimum absolute atomic E-state index is 0.128. The van der Waals surface area contributed by atoms with Crippen molar-refractivity contribution in [3.05, 3.63) is 58.1 Å². The van der Waals surface area contributed by atoms with E-state index in [-0.39, 0.29) is 18.2 Å². The van der Waals surface area contributed by atoms with Crippen LogP contribution in [0, 0.1) is 5.92 Å². The molecule has 2 amide bonds. The van der Waals surface area contributed by atoms with Crippen molar-refractivity contribution in [1.82, 2.24) is 5.32 Å². The second-order valence-electron chi connectivity index (χ2n) is 6.07. The molecule has 0 aromatic heterocycles. The van der Waals surface area contributed by atoms with Crippen LogP contribution in [0.3, 0.4) is 0 Å². The van der Waals surface area contributed by atoms with Gasteiger partial charge in [-0.25, -0.2) is 0 Å². The Morgan fingerprint density at radius 2 is 1.88 bits per heavy atom. The highest BCUT2D eigenvalue weighted by Crippen LogP contribution is 2.35. The molecule has 0 spiro atoms. The fraction of sp³-hybridized carbons (Fsp3) is 0.263. The lowest BCUT2D eigenvalue weighted by Gasteiger charge is -2.20. The second kappa shape index (κ2) is 7.98. The molecule has 1 fully saturated rings. The van der Waals surface area contributed by atoms with Gasteiger partial charge in [0.1, 0.15) is 5.75 Å². The molecular weight excluding hydrogens is 375 g/mol.